The van der Waals surface area contributed by atoms with E-state index in [9.17, 15) is 9.59 Å². The topological polar surface area (TPSA) is 78.4 Å². The van der Waals surface area contributed by atoms with Gasteiger partial charge in [-0.15, -0.1) is 0 Å². The van der Waals surface area contributed by atoms with E-state index in [2.05, 4.69) is 22.8 Å². The minimum absolute atomic E-state index is 0.0480. The quantitative estimate of drug-likeness (QED) is 0.779. The van der Waals surface area contributed by atoms with Crippen molar-refractivity contribution < 1.29 is 14.7 Å². The van der Waals surface area contributed by atoms with E-state index in [1.807, 2.05) is 12.1 Å². The number of rotatable bonds is 5. The first-order valence-electron chi connectivity index (χ1n) is 7.43. The van der Waals surface area contributed by atoms with E-state index >= 15 is 0 Å². The molecule has 1 aromatic rings. The van der Waals surface area contributed by atoms with Gasteiger partial charge in [-0.3, -0.25) is 4.79 Å². The molecule has 0 saturated heterocycles. The van der Waals surface area contributed by atoms with Crippen molar-refractivity contribution in [2.75, 3.05) is 6.54 Å². The van der Waals surface area contributed by atoms with Crippen molar-refractivity contribution in [1.82, 2.24) is 10.6 Å². The van der Waals surface area contributed by atoms with E-state index in [4.69, 9.17) is 5.11 Å². The van der Waals surface area contributed by atoms with Gasteiger partial charge in [0.05, 0.1) is 12.0 Å². The largest absolute Gasteiger partial charge is 0.481 e. The van der Waals surface area contributed by atoms with E-state index in [-0.39, 0.29) is 12.1 Å². The normalized spacial score (nSPS) is 18.4. The molecule has 2 rings (SSSR count). The minimum Gasteiger partial charge on any atom is -0.481 e. The van der Waals surface area contributed by atoms with Crippen LogP contribution in [0.3, 0.4) is 0 Å². The molecule has 5 nitrogen and oxygen atoms in total. The zero-order valence-corrected chi connectivity index (χ0v) is 12.3. The summed E-state index contributed by atoms with van der Waals surface area (Å²) in [6, 6.07) is 8.00. The number of carboxylic acid groups (broad SMARTS) is 1. The van der Waals surface area contributed by atoms with Gasteiger partial charge in [-0.1, -0.05) is 31.2 Å². The lowest BCUT2D eigenvalue weighted by atomic mass is 9.88. The van der Waals surface area contributed by atoms with Crippen LogP contribution in [0.15, 0.2) is 24.3 Å². The molecule has 0 saturated carbocycles. The third-order valence-electron chi connectivity index (χ3n) is 3.96. The van der Waals surface area contributed by atoms with Gasteiger partial charge in [0.25, 0.3) is 0 Å². The van der Waals surface area contributed by atoms with Gasteiger partial charge in [0.1, 0.15) is 0 Å². The van der Waals surface area contributed by atoms with E-state index in [0.717, 1.165) is 19.3 Å². The lowest BCUT2D eigenvalue weighted by Crippen LogP contribution is -2.40. The highest BCUT2D eigenvalue weighted by molar-refractivity contribution is 5.74. The highest BCUT2D eigenvalue weighted by atomic mass is 16.4. The molecule has 2 unspecified atom stereocenters. The molecule has 0 bridgehead atoms. The fraction of sp³-hybridized carbons (Fsp3) is 0.500. The van der Waals surface area contributed by atoms with Crippen LogP contribution in [-0.4, -0.2) is 23.7 Å². The molecule has 0 spiro atoms. The lowest BCUT2D eigenvalue weighted by molar-refractivity contribution is -0.141. The van der Waals surface area contributed by atoms with Gasteiger partial charge in [-0.2, -0.15) is 0 Å². The molecule has 2 atom stereocenters. The average molecular weight is 290 g/mol. The van der Waals surface area contributed by atoms with Gasteiger partial charge in [-0.05, 0) is 36.8 Å². The Hall–Kier alpha value is -2.04. The Kier molecular flexibility index (Phi) is 5.20. The number of amides is 2. The Morgan fingerprint density at radius 3 is 2.90 bits per heavy atom. The van der Waals surface area contributed by atoms with Gasteiger partial charge in [0, 0.05) is 6.54 Å². The number of hydrogen-bond acceptors (Lipinski definition) is 2. The standard InChI is InChI=1S/C16H22N2O3/c1-11(15(19)20)9-10-17-16(21)18-14-8-4-6-12-5-2-3-7-13(12)14/h2-3,5,7,11,14H,4,6,8-10H2,1H3,(H,19,20)(H2,17,18,21). The van der Waals surface area contributed by atoms with E-state index in [1.54, 1.807) is 6.92 Å². The van der Waals surface area contributed by atoms with Gasteiger partial charge < -0.3 is 15.7 Å². The van der Waals surface area contributed by atoms with Crippen molar-refractivity contribution >= 4 is 12.0 Å². The number of fused-ring (bicyclic) bond motifs is 1. The maximum absolute atomic E-state index is 11.9. The summed E-state index contributed by atoms with van der Waals surface area (Å²) in [7, 11) is 0. The first-order valence-corrected chi connectivity index (χ1v) is 7.43. The molecule has 1 aliphatic rings. The van der Waals surface area contributed by atoms with Crippen LogP contribution in [0.1, 0.15) is 43.4 Å². The van der Waals surface area contributed by atoms with Gasteiger partial charge >= 0.3 is 12.0 Å². The molecular weight excluding hydrogens is 268 g/mol. The summed E-state index contributed by atoms with van der Waals surface area (Å²) in [5.41, 5.74) is 2.49. The number of aryl methyl sites for hydroxylation is 1. The molecule has 1 aromatic carbocycles. The van der Waals surface area contributed by atoms with Crippen LogP contribution in [0.2, 0.25) is 0 Å². The van der Waals surface area contributed by atoms with Crippen LogP contribution in [0.5, 0.6) is 0 Å². The molecular formula is C16H22N2O3. The molecule has 3 N–H and O–H groups in total. The summed E-state index contributed by atoms with van der Waals surface area (Å²) in [4.78, 5) is 22.6. The van der Waals surface area contributed by atoms with Gasteiger partial charge in [0.15, 0.2) is 0 Å². The third-order valence-corrected chi connectivity index (χ3v) is 3.96. The second-order valence-corrected chi connectivity index (χ2v) is 5.57. The third kappa shape index (κ3) is 4.21. The smallest absolute Gasteiger partial charge is 0.315 e. The lowest BCUT2D eigenvalue weighted by Gasteiger charge is -2.26. The van der Waals surface area contributed by atoms with Gasteiger partial charge in [-0.25, -0.2) is 4.79 Å². The second-order valence-electron chi connectivity index (χ2n) is 5.57. The SMILES string of the molecule is CC(CCNC(=O)NC1CCCc2ccccc21)C(=O)O. The van der Waals surface area contributed by atoms with Crippen LogP contribution in [0.4, 0.5) is 4.79 Å². The second kappa shape index (κ2) is 7.11. The zero-order chi connectivity index (χ0) is 15.2. The fourth-order valence-electron chi connectivity index (χ4n) is 2.64. The Labute approximate surface area is 124 Å². The molecule has 0 radical (unpaired) electrons. The summed E-state index contributed by atoms with van der Waals surface area (Å²) in [5, 5.41) is 14.5. The van der Waals surface area contributed by atoms with E-state index in [0.29, 0.717) is 13.0 Å². The molecule has 2 amide bonds. The van der Waals surface area contributed by atoms with Crippen LogP contribution >= 0.6 is 0 Å². The number of hydrogen-bond donors (Lipinski definition) is 3. The van der Waals surface area contributed by atoms with Crippen LogP contribution in [-0.2, 0) is 11.2 Å². The summed E-state index contributed by atoms with van der Waals surface area (Å²) in [6.07, 6.45) is 3.50. The number of carboxylic acids is 1. The fourth-order valence-corrected chi connectivity index (χ4v) is 2.64. The number of nitrogens with one attached hydrogen (secondary N) is 2. The highest BCUT2D eigenvalue weighted by Gasteiger charge is 2.21. The molecule has 0 aliphatic heterocycles. The Morgan fingerprint density at radius 1 is 1.38 bits per heavy atom. The average Bonchev–Trinajstić information content (AvgIpc) is 2.47. The summed E-state index contributed by atoms with van der Waals surface area (Å²) >= 11 is 0. The van der Waals surface area contributed by atoms with Crippen molar-refractivity contribution in [3.8, 4) is 0 Å². The maximum Gasteiger partial charge on any atom is 0.315 e. The maximum atomic E-state index is 11.9. The molecule has 21 heavy (non-hydrogen) atoms. The van der Waals surface area contributed by atoms with Crippen molar-refractivity contribution in [2.45, 2.75) is 38.6 Å². The summed E-state index contributed by atoms with van der Waals surface area (Å²) in [6.45, 7) is 2.01. The van der Waals surface area contributed by atoms with E-state index in [1.165, 1.54) is 11.1 Å². The Balaban J connectivity index is 1.82. The Morgan fingerprint density at radius 2 is 2.14 bits per heavy atom. The predicted molar refractivity (Wildman–Crippen MR) is 80.1 cm³/mol. The molecule has 0 aromatic heterocycles. The monoisotopic (exact) mass is 290 g/mol. The van der Waals surface area contributed by atoms with Crippen LogP contribution in [0, 0.1) is 5.92 Å². The van der Waals surface area contributed by atoms with Crippen molar-refractivity contribution in [2.24, 2.45) is 5.92 Å². The molecule has 0 heterocycles. The summed E-state index contributed by atoms with van der Waals surface area (Å²) in [5.74, 6) is -1.28. The number of benzene rings is 1. The molecule has 0 fully saturated rings. The first-order chi connectivity index (χ1) is 10.1. The number of urea groups is 1. The van der Waals surface area contributed by atoms with Crippen LogP contribution < -0.4 is 10.6 Å². The summed E-state index contributed by atoms with van der Waals surface area (Å²) < 4.78 is 0. The zero-order valence-electron chi connectivity index (χ0n) is 12.3. The van der Waals surface area contributed by atoms with E-state index < -0.39 is 11.9 Å². The molecule has 5 heteroatoms. The van der Waals surface area contributed by atoms with Crippen LogP contribution in [0.25, 0.3) is 0 Å². The number of carbonyl (C=O) groups is 2. The number of aliphatic carboxylic acids is 1. The minimum atomic E-state index is -0.835. The highest BCUT2D eigenvalue weighted by Crippen LogP contribution is 2.29. The molecule has 114 valence electrons. The predicted octanol–water partition coefficient (Wildman–Crippen LogP) is 2.47. The van der Waals surface area contributed by atoms with Crippen molar-refractivity contribution in [1.29, 1.82) is 0 Å². The number of carbonyl (C=O) groups excluding carboxylic acids is 1. The first kappa shape index (κ1) is 15.4. The molecule has 1 aliphatic carbocycles. The Bertz CT molecular complexity index is 516. The van der Waals surface area contributed by atoms with Crippen molar-refractivity contribution in [3.63, 3.8) is 0 Å². The van der Waals surface area contributed by atoms with Gasteiger partial charge in [0.2, 0.25) is 0 Å². The van der Waals surface area contributed by atoms with Crippen molar-refractivity contribution in [3.05, 3.63) is 35.4 Å².